The SMILES string of the molecule is COCCCNC(=O)C1CCN(C(=O)[C@@H](N)Cc2ccccc2)CC1. The van der Waals surface area contributed by atoms with Gasteiger partial charge in [0.25, 0.3) is 0 Å². The van der Waals surface area contributed by atoms with Crippen LogP contribution in [0, 0.1) is 5.92 Å². The van der Waals surface area contributed by atoms with E-state index in [9.17, 15) is 9.59 Å². The summed E-state index contributed by atoms with van der Waals surface area (Å²) in [5.74, 6) is 0.0385. The highest BCUT2D eigenvalue weighted by Gasteiger charge is 2.29. The number of nitrogens with two attached hydrogens (primary N) is 1. The number of hydrogen-bond acceptors (Lipinski definition) is 4. The van der Waals surface area contributed by atoms with Gasteiger partial charge < -0.3 is 20.7 Å². The van der Waals surface area contributed by atoms with Crippen LogP contribution >= 0.6 is 0 Å². The van der Waals surface area contributed by atoms with Gasteiger partial charge in [-0.05, 0) is 31.2 Å². The number of carbonyl (C=O) groups excluding carboxylic acids is 2. The van der Waals surface area contributed by atoms with Gasteiger partial charge in [0.05, 0.1) is 6.04 Å². The summed E-state index contributed by atoms with van der Waals surface area (Å²) in [5, 5.41) is 2.94. The lowest BCUT2D eigenvalue weighted by molar-refractivity contribution is -0.136. The predicted octanol–water partition coefficient (Wildman–Crippen LogP) is 0.948. The van der Waals surface area contributed by atoms with Crippen LogP contribution in [0.15, 0.2) is 30.3 Å². The normalized spacial score (nSPS) is 16.5. The molecule has 1 aromatic rings. The molecule has 1 aliphatic heterocycles. The monoisotopic (exact) mass is 347 g/mol. The average molecular weight is 347 g/mol. The van der Waals surface area contributed by atoms with E-state index in [0.717, 1.165) is 12.0 Å². The second-order valence-electron chi connectivity index (χ2n) is 6.53. The topological polar surface area (TPSA) is 84.7 Å². The Kier molecular flexibility index (Phi) is 7.88. The van der Waals surface area contributed by atoms with E-state index in [1.807, 2.05) is 30.3 Å². The second kappa shape index (κ2) is 10.2. The van der Waals surface area contributed by atoms with E-state index in [1.54, 1.807) is 12.0 Å². The number of nitrogens with zero attached hydrogens (tertiary/aromatic N) is 1. The van der Waals surface area contributed by atoms with Crippen molar-refractivity contribution in [3.63, 3.8) is 0 Å². The number of amides is 2. The number of benzene rings is 1. The fourth-order valence-electron chi connectivity index (χ4n) is 3.12. The van der Waals surface area contributed by atoms with Crippen LogP contribution in [-0.2, 0) is 20.7 Å². The fraction of sp³-hybridized carbons (Fsp3) is 0.579. The molecule has 1 aromatic carbocycles. The standard InChI is InChI=1S/C19H29N3O3/c1-25-13-5-10-21-18(23)16-8-11-22(12-9-16)19(24)17(20)14-15-6-3-2-4-7-15/h2-4,6-7,16-17H,5,8-14,20H2,1H3,(H,21,23)/t17-/m0/s1. The van der Waals surface area contributed by atoms with Crippen molar-refractivity contribution in [2.24, 2.45) is 11.7 Å². The predicted molar refractivity (Wildman–Crippen MR) is 96.9 cm³/mol. The number of nitrogens with one attached hydrogen (secondary N) is 1. The lowest BCUT2D eigenvalue weighted by atomic mass is 9.95. The first-order chi connectivity index (χ1) is 12.1. The van der Waals surface area contributed by atoms with Crippen LogP contribution in [0.25, 0.3) is 0 Å². The van der Waals surface area contributed by atoms with Crippen molar-refractivity contribution in [2.45, 2.75) is 31.7 Å². The Morgan fingerprint density at radius 2 is 1.96 bits per heavy atom. The number of ether oxygens (including phenoxy) is 1. The molecule has 138 valence electrons. The van der Waals surface area contributed by atoms with Crippen molar-refractivity contribution in [3.05, 3.63) is 35.9 Å². The van der Waals surface area contributed by atoms with Gasteiger partial charge in [0.15, 0.2) is 0 Å². The molecule has 0 radical (unpaired) electrons. The van der Waals surface area contributed by atoms with Crippen molar-refractivity contribution in [2.75, 3.05) is 33.4 Å². The van der Waals surface area contributed by atoms with E-state index in [-0.39, 0.29) is 17.7 Å². The molecule has 6 heteroatoms. The maximum absolute atomic E-state index is 12.5. The summed E-state index contributed by atoms with van der Waals surface area (Å²) in [6.07, 6.45) is 2.74. The summed E-state index contributed by atoms with van der Waals surface area (Å²) in [7, 11) is 1.65. The van der Waals surface area contributed by atoms with Gasteiger partial charge in [0.1, 0.15) is 0 Å². The highest BCUT2D eigenvalue weighted by atomic mass is 16.5. The van der Waals surface area contributed by atoms with Crippen molar-refractivity contribution < 1.29 is 14.3 Å². The summed E-state index contributed by atoms with van der Waals surface area (Å²) in [4.78, 5) is 26.4. The molecule has 0 aromatic heterocycles. The minimum absolute atomic E-state index is 0.0167. The van der Waals surface area contributed by atoms with E-state index in [1.165, 1.54) is 0 Å². The molecule has 0 aliphatic carbocycles. The number of methoxy groups -OCH3 is 1. The van der Waals surface area contributed by atoms with Gasteiger partial charge in [-0.2, -0.15) is 0 Å². The zero-order chi connectivity index (χ0) is 18.1. The quantitative estimate of drug-likeness (QED) is 0.686. The van der Waals surface area contributed by atoms with E-state index in [4.69, 9.17) is 10.5 Å². The molecular formula is C19H29N3O3. The van der Waals surface area contributed by atoms with Gasteiger partial charge in [-0.15, -0.1) is 0 Å². The van der Waals surface area contributed by atoms with Crippen LogP contribution in [-0.4, -0.2) is 56.1 Å². The van der Waals surface area contributed by atoms with Crippen LogP contribution in [0.1, 0.15) is 24.8 Å². The minimum Gasteiger partial charge on any atom is -0.385 e. The molecule has 1 fully saturated rings. The van der Waals surface area contributed by atoms with E-state index in [0.29, 0.717) is 45.5 Å². The highest BCUT2D eigenvalue weighted by molar-refractivity contribution is 5.83. The van der Waals surface area contributed by atoms with Crippen LogP contribution in [0.4, 0.5) is 0 Å². The molecule has 2 rings (SSSR count). The van der Waals surface area contributed by atoms with E-state index < -0.39 is 6.04 Å². The molecule has 3 N–H and O–H groups in total. The Morgan fingerprint density at radius 1 is 1.28 bits per heavy atom. The minimum atomic E-state index is -0.526. The molecule has 0 bridgehead atoms. The fourth-order valence-corrected chi connectivity index (χ4v) is 3.12. The second-order valence-corrected chi connectivity index (χ2v) is 6.53. The zero-order valence-electron chi connectivity index (χ0n) is 14.9. The molecular weight excluding hydrogens is 318 g/mol. The number of hydrogen-bond donors (Lipinski definition) is 2. The Hall–Kier alpha value is -1.92. The molecule has 1 atom stereocenters. The molecule has 2 amide bonds. The molecule has 6 nitrogen and oxygen atoms in total. The molecule has 0 unspecified atom stereocenters. The number of likely N-dealkylation sites (tertiary alicyclic amines) is 1. The van der Waals surface area contributed by atoms with Crippen LogP contribution in [0.5, 0.6) is 0 Å². The van der Waals surface area contributed by atoms with Crippen LogP contribution in [0.3, 0.4) is 0 Å². The lowest BCUT2D eigenvalue weighted by Gasteiger charge is -2.33. The Morgan fingerprint density at radius 3 is 2.60 bits per heavy atom. The van der Waals surface area contributed by atoms with Gasteiger partial charge in [-0.1, -0.05) is 30.3 Å². The molecule has 1 saturated heterocycles. The number of piperidine rings is 1. The number of carbonyl (C=O) groups is 2. The molecule has 1 aliphatic rings. The zero-order valence-corrected chi connectivity index (χ0v) is 14.9. The lowest BCUT2D eigenvalue weighted by Crippen LogP contribution is -2.49. The first kappa shape index (κ1) is 19.4. The summed E-state index contributed by atoms with van der Waals surface area (Å²) in [5.41, 5.74) is 7.15. The molecule has 0 saturated carbocycles. The highest BCUT2D eigenvalue weighted by Crippen LogP contribution is 2.18. The average Bonchev–Trinajstić information content (AvgIpc) is 2.65. The maximum atomic E-state index is 12.5. The first-order valence-electron chi connectivity index (χ1n) is 8.96. The molecule has 0 spiro atoms. The Balaban J connectivity index is 1.73. The van der Waals surface area contributed by atoms with Crippen molar-refractivity contribution in [1.82, 2.24) is 10.2 Å². The van der Waals surface area contributed by atoms with Crippen molar-refractivity contribution in [3.8, 4) is 0 Å². The Bertz CT molecular complexity index is 542. The van der Waals surface area contributed by atoms with Crippen LogP contribution < -0.4 is 11.1 Å². The molecule has 1 heterocycles. The van der Waals surface area contributed by atoms with Gasteiger partial charge in [0.2, 0.25) is 11.8 Å². The first-order valence-corrected chi connectivity index (χ1v) is 8.96. The third-order valence-electron chi connectivity index (χ3n) is 4.62. The largest absolute Gasteiger partial charge is 0.385 e. The smallest absolute Gasteiger partial charge is 0.239 e. The summed E-state index contributed by atoms with van der Waals surface area (Å²) >= 11 is 0. The number of rotatable bonds is 8. The summed E-state index contributed by atoms with van der Waals surface area (Å²) in [6.45, 7) is 2.47. The van der Waals surface area contributed by atoms with Gasteiger partial charge >= 0.3 is 0 Å². The summed E-state index contributed by atoms with van der Waals surface area (Å²) in [6, 6.07) is 9.27. The summed E-state index contributed by atoms with van der Waals surface area (Å²) < 4.78 is 4.97. The third-order valence-corrected chi connectivity index (χ3v) is 4.62. The van der Waals surface area contributed by atoms with Crippen LogP contribution in [0.2, 0.25) is 0 Å². The van der Waals surface area contributed by atoms with E-state index >= 15 is 0 Å². The van der Waals surface area contributed by atoms with Crippen molar-refractivity contribution in [1.29, 1.82) is 0 Å². The van der Waals surface area contributed by atoms with Gasteiger partial charge in [0, 0.05) is 39.3 Å². The van der Waals surface area contributed by atoms with Gasteiger partial charge in [-0.3, -0.25) is 9.59 Å². The van der Waals surface area contributed by atoms with Gasteiger partial charge in [-0.25, -0.2) is 0 Å². The Labute approximate surface area is 149 Å². The molecule has 25 heavy (non-hydrogen) atoms. The van der Waals surface area contributed by atoms with E-state index in [2.05, 4.69) is 5.32 Å². The van der Waals surface area contributed by atoms with Crippen molar-refractivity contribution >= 4 is 11.8 Å². The third kappa shape index (κ3) is 6.14. The maximum Gasteiger partial charge on any atom is 0.239 e.